The van der Waals surface area contributed by atoms with E-state index in [0.29, 0.717) is 15.7 Å². The average Bonchev–Trinajstić information content (AvgIpc) is 2.50. The van der Waals surface area contributed by atoms with Crippen LogP contribution < -0.4 is 5.32 Å². The number of para-hydroxylation sites is 2. The van der Waals surface area contributed by atoms with E-state index in [0.717, 1.165) is 11.3 Å². The highest BCUT2D eigenvalue weighted by Crippen LogP contribution is 2.33. The van der Waals surface area contributed by atoms with Crippen molar-refractivity contribution in [1.82, 2.24) is 0 Å². The Labute approximate surface area is 145 Å². The maximum absolute atomic E-state index is 11.8. The third-order valence-corrected chi connectivity index (χ3v) is 3.69. The van der Waals surface area contributed by atoms with Crippen molar-refractivity contribution in [3.63, 3.8) is 0 Å². The van der Waals surface area contributed by atoms with E-state index in [1.54, 1.807) is 25.1 Å². The van der Waals surface area contributed by atoms with Gasteiger partial charge in [0.25, 0.3) is 0 Å². The number of rotatable bonds is 6. The van der Waals surface area contributed by atoms with E-state index in [2.05, 4.69) is 5.32 Å². The summed E-state index contributed by atoms with van der Waals surface area (Å²) < 4.78 is 4.99. The van der Waals surface area contributed by atoms with E-state index < -0.39 is 12.1 Å². The lowest BCUT2D eigenvalue weighted by Crippen LogP contribution is -2.17. The molecule has 0 radical (unpaired) electrons. The van der Waals surface area contributed by atoms with E-state index in [1.807, 2.05) is 24.3 Å². The van der Waals surface area contributed by atoms with E-state index >= 15 is 0 Å². The van der Waals surface area contributed by atoms with Gasteiger partial charge >= 0.3 is 5.97 Å². The number of halogens is 2. The Morgan fingerprint density at radius 3 is 2.48 bits per heavy atom. The zero-order valence-corrected chi connectivity index (χ0v) is 14.1. The molecule has 0 aliphatic heterocycles. The number of hydrogen-bond acceptors (Lipinski definition) is 4. The zero-order chi connectivity index (χ0) is 16.8. The summed E-state index contributed by atoms with van der Waals surface area (Å²) in [5, 5.41) is 13.3. The molecule has 0 heterocycles. The lowest BCUT2D eigenvalue weighted by atomic mass is 10.1. The molecule has 0 amide bonds. The molecule has 2 N–H and O–H groups in total. The Morgan fingerprint density at radius 1 is 1.17 bits per heavy atom. The second kappa shape index (κ2) is 8.20. The highest BCUT2D eigenvalue weighted by atomic mass is 35.5. The molecule has 2 aromatic carbocycles. The molecule has 1 atom stereocenters. The lowest BCUT2D eigenvalue weighted by Gasteiger charge is -2.14. The number of hydrogen-bond donors (Lipinski definition) is 2. The number of esters is 1. The Balaban J connectivity index is 2.16. The third-order valence-electron chi connectivity index (χ3n) is 3.06. The van der Waals surface area contributed by atoms with Crippen LogP contribution in [0.2, 0.25) is 10.0 Å². The van der Waals surface area contributed by atoms with Crippen LogP contribution in [0.5, 0.6) is 0 Å². The first-order valence-corrected chi connectivity index (χ1v) is 7.85. The number of aliphatic hydroxyl groups is 1. The molecule has 122 valence electrons. The minimum absolute atomic E-state index is 0.0230. The van der Waals surface area contributed by atoms with E-state index in [1.165, 1.54) is 0 Å². The van der Waals surface area contributed by atoms with Gasteiger partial charge in [-0.05, 0) is 30.7 Å². The van der Waals surface area contributed by atoms with E-state index in [9.17, 15) is 4.79 Å². The molecule has 4 nitrogen and oxygen atoms in total. The molecule has 1 unspecified atom stereocenters. The first-order chi connectivity index (χ1) is 11.0. The first kappa shape index (κ1) is 17.6. The molecule has 0 aliphatic carbocycles. The number of carbonyl (C=O) groups excluding carboxylic acids is 1. The molecule has 6 heteroatoms. The number of nitrogens with one attached hydrogen (secondary N) is 1. The lowest BCUT2D eigenvalue weighted by molar-refractivity contribution is -0.145. The standard InChI is InChI=1S/C17H17Cl2NO3/c1-11(21)10-23-16(22)9-12-5-2-3-8-15(12)20-17-13(18)6-4-7-14(17)19/h2-8,11,20-21H,9-10H2,1H3. The summed E-state index contributed by atoms with van der Waals surface area (Å²) in [6, 6.07) is 12.5. The summed E-state index contributed by atoms with van der Waals surface area (Å²) in [4.78, 5) is 11.8. The van der Waals surface area contributed by atoms with Gasteiger partial charge in [-0.25, -0.2) is 0 Å². The molecule has 0 aromatic heterocycles. The smallest absolute Gasteiger partial charge is 0.310 e. The van der Waals surface area contributed by atoms with Gasteiger partial charge in [0, 0.05) is 5.69 Å². The molecule has 0 fully saturated rings. The van der Waals surface area contributed by atoms with Crippen LogP contribution in [0.25, 0.3) is 0 Å². The minimum Gasteiger partial charge on any atom is -0.463 e. The SMILES string of the molecule is CC(O)COC(=O)Cc1ccccc1Nc1c(Cl)cccc1Cl. The molecule has 0 saturated carbocycles. The molecule has 0 aliphatic rings. The van der Waals surface area contributed by atoms with Crippen LogP contribution >= 0.6 is 23.2 Å². The van der Waals surface area contributed by atoms with Crippen molar-refractivity contribution in [3.05, 3.63) is 58.1 Å². The Hall–Kier alpha value is -1.75. The van der Waals surface area contributed by atoms with Crippen molar-refractivity contribution in [1.29, 1.82) is 0 Å². The maximum atomic E-state index is 11.8. The van der Waals surface area contributed by atoms with Crippen LogP contribution in [0.15, 0.2) is 42.5 Å². The van der Waals surface area contributed by atoms with Crippen LogP contribution in [-0.2, 0) is 16.0 Å². The van der Waals surface area contributed by atoms with Gasteiger partial charge in [0.05, 0.1) is 28.3 Å². The maximum Gasteiger partial charge on any atom is 0.310 e. The molecule has 0 spiro atoms. The summed E-state index contributed by atoms with van der Waals surface area (Å²) in [5.41, 5.74) is 2.05. The van der Waals surface area contributed by atoms with Gasteiger partial charge < -0.3 is 15.2 Å². The van der Waals surface area contributed by atoms with Gasteiger partial charge in [-0.1, -0.05) is 47.5 Å². The highest BCUT2D eigenvalue weighted by molar-refractivity contribution is 6.39. The molecular formula is C17H17Cl2NO3. The quantitative estimate of drug-likeness (QED) is 0.764. The van der Waals surface area contributed by atoms with E-state index in [4.69, 9.17) is 33.0 Å². The second-order valence-corrected chi connectivity index (χ2v) is 5.90. The summed E-state index contributed by atoms with van der Waals surface area (Å²) in [6.45, 7) is 1.53. The Bertz CT molecular complexity index is 669. The minimum atomic E-state index is -0.686. The summed E-state index contributed by atoms with van der Waals surface area (Å²) in [6.07, 6.45) is -0.605. The molecular weight excluding hydrogens is 337 g/mol. The molecule has 2 aromatic rings. The van der Waals surface area contributed by atoms with Crippen LogP contribution in [-0.4, -0.2) is 23.8 Å². The van der Waals surface area contributed by atoms with Crippen LogP contribution in [0.4, 0.5) is 11.4 Å². The van der Waals surface area contributed by atoms with Gasteiger partial charge in [0.2, 0.25) is 0 Å². The van der Waals surface area contributed by atoms with Crippen molar-refractivity contribution in [2.75, 3.05) is 11.9 Å². The summed E-state index contributed by atoms with van der Waals surface area (Å²) in [5.74, 6) is -0.412. The number of anilines is 2. The predicted molar refractivity (Wildman–Crippen MR) is 92.5 cm³/mol. The Morgan fingerprint density at radius 2 is 1.83 bits per heavy atom. The number of aliphatic hydroxyl groups excluding tert-OH is 1. The topological polar surface area (TPSA) is 58.6 Å². The third kappa shape index (κ3) is 5.13. The van der Waals surface area contributed by atoms with Gasteiger partial charge in [0.1, 0.15) is 6.61 Å². The largest absolute Gasteiger partial charge is 0.463 e. The average molecular weight is 354 g/mol. The van der Waals surface area contributed by atoms with Crippen molar-refractivity contribution < 1.29 is 14.6 Å². The fraction of sp³-hybridized carbons (Fsp3) is 0.235. The monoisotopic (exact) mass is 353 g/mol. The molecule has 0 saturated heterocycles. The zero-order valence-electron chi connectivity index (χ0n) is 12.6. The fourth-order valence-electron chi connectivity index (χ4n) is 1.97. The summed E-state index contributed by atoms with van der Waals surface area (Å²) >= 11 is 12.3. The molecule has 2 rings (SSSR count). The van der Waals surface area contributed by atoms with Crippen molar-refractivity contribution in [2.24, 2.45) is 0 Å². The first-order valence-electron chi connectivity index (χ1n) is 7.10. The second-order valence-electron chi connectivity index (χ2n) is 5.09. The summed E-state index contributed by atoms with van der Waals surface area (Å²) in [7, 11) is 0. The van der Waals surface area contributed by atoms with Gasteiger partial charge in [0.15, 0.2) is 0 Å². The fourth-order valence-corrected chi connectivity index (χ4v) is 2.46. The number of ether oxygens (including phenoxy) is 1. The van der Waals surface area contributed by atoms with Crippen LogP contribution in [0.3, 0.4) is 0 Å². The number of carbonyl (C=O) groups is 1. The van der Waals surface area contributed by atoms with Crippen molar-refractivity contribution >= 4 is 40.5 Å². The predicted octanol–water partition coefficient (Wildman–Crippen LogP) is 4.20. The van der Waals surface area contributed by atoms with Gasteiger partial charge in [-0.15, -0.1) is 0 Å². The highest BCUT2D eigenvalue weighted by Gasteiger charge is 2.12. The molecule has 0 bridgehead atoms. The van der Waals surface area contributed by atoms with Gasteiger partial charge in [-0.3, -0.25) is 4.79 Å². The van der Waals surface area contributed by atoms with Gasteiger partial charge in [-0.2, -0.15) is 0 Å². The normalized spacial score (nSPS) is 11.8. The Kier molecular flexibility index (Phi) is 6.28. The van der Waals surface area contributed by atoms with Crippen LogP contribution in [0.1, 0.15) is 12.5 Å². The van der Waals surface area contributed by atoms with Crippen molar-refractivity contribution in [2.45, 2.75) is 19.4 Å². The molecule has 23 heavy (non-hydrogen) atoms. The number of benzene rings is 2. The van der Waals surface area contributed by atoms with Crippen molar-refractivity contribution in [3.8, 4) is 0 Å². The van der Waals surface area contributed by atoms with E-state index in [-0.39, 0.29) is 13.0 Å². The van der Waals surface area contributed by atoms with Crippen LogP contribution in [0, 0.1) is 0 Å².